The van der Waals surface area contributed by atoms with Crippen molar-refractivity contribution in [3.05, 3.63) is 0 Å². The van der Waals surface area contributed by atoms with Gasteiger partial charge in [0.1, 0.15) is 0 Å². The topological polar surface area (TPSA) is 12.0 Å². The molecule has 1 N–H and O–H groups in total. The van der Waals surface area contributed by atoms with Crippen molar-refractivity contribution in [2.75, 3.05) is 14.1 Å². The zero-order valence-corrected chi connectivity index (χ0v) is 4.23. The van der Waals surface area contributed by atoms with Crippen LogP contribution in [-0.2, 0) is 0 Å². The molecule has 3 radical (unpaired) electrons. The van der Waals surface area contributed by atoms with Crippen LogP contribution >= 0.6 is 0 Å². The molecule has 0 aromatic rings. The summed E-state index contributed by atoms with van der Waals surface area (Å²) in [6.07, 6.45) is 0. The van der Waals surface area contributed by atoms with Gasteiger partial charge in [0.2, 0.25) is 0 Å². The normalized spacial score (nSPS) is 4.50. The van der Waals surface area contributed by atoms with Gasteiger partial charge in [-0.1, -0.05) is 0 Å². The second-order valence-corrected chi connectivity index (χ2v) is 0.500. The zero-order chi connectivity index (χ0) is 2.71. The van der Waals surface area contributed by atoms with Gasteiger partial charge in [-0.2, -0.15) is 0 Å². The van der Waals surface area contributed by atoms with Gasteiger partial charge in [-0.25, -0.2) is 0 Å². The standard InChI is InChI=1S/C2H7N.Al/c1-3-2;/h3H,1-2H3;. The molecular formula is C2H7AlN. The van der Waals surface area contributed by atoms with Crippen LogP contribution in [0.15, 0.2) is 0 Å². The minimum absolute atomic E-state index is 0. The maximum absolute atomic E-state index is 2.75. The molecule has 23 valence electrons. The number of hydrogen-bond donors (Lipinski definition) is 1. The van der Waals surface area contributed by atoms with Crippen LogP contribution in [0.25, 0.3) is 0 Å². The van der Waals surface area contributed by atoms with Gasteiger partial charge in [0, 0.05) is 17.4 Å². The Morgan fingerprint density at radius 3 is 1.25 bits per heavy atom. The molecule has 1 nitrogen and oxygen atoms in total. The summed E-state index contributed by atoms with van der Waals surface area (Å²) in [5, 5.41) is 2.75. The Morgan fingerprint density at radius 2 is 1.25 bits per heavy atom. The highest BCUT2D eigenvalue weighted by Crippen LogP contribution is 0.981. The minimum atomic E-state index is 0. The molecule has 0 aromatic heterocycles. The Balaban J connectivity index is 0. The van der Waals surface area contributed by atoms with Crippen LogP contribution < -0.4 is 5.32 Å². The Hall–Kier alpha value is 0.492. The molecule has 0 heterocycles. The van der Waals surface area contributed by atoms with Gasteiger partial charge in [-0.3, -0.25) is 0 Å². The molecule has 0 saturated heterocycles. The minimum Gasteiger partial charge on any atom is -0.323 e. The van der Waals surface area contributed by atoms with Gasteiger partial charge in [-0.05, 0) is 14.1 Å². The molecule has 0 aromatic carbocycles. The van der Waals surface area contributed by atoms with E-state index in [1.54, 1.807) is 0 Å². The molecule has 0 unspecified atom stereocenters. The van der Waals surface area contributed by atoms with Gasteiger partial charge in [-0.15, -0.1) is 0 Å². The van der Waals surface area contributed by atoms with Gasteiger partial charge < -0.3 is 5.32 Å². The van der Waals surface area contributed by atoms with E-state index in [2.05, 4.69) is 5.32 Å². The summed E-state index contributed by atoms with van der Waals surface area (Å²) in [6, 6.07) is 0. The second kappa shape index (κ2) is 9.74. The van der Waals surface area contributed by atoms with Crippen molar-refractivity contribution in [3.8, 4) is 0 Å². The largest absolute Gasteiger partial charge is 0.323 e. The maximum Gasteiger partial charge on any atom is 0 e. The quantitative estimate of drug-likeness (QED) is 0.379. The highest BCUT2D eigenvalue weighted by Gasteiger charge is 1.25. The summed E-state index contributed by atoms with van der Waals surface area (Å²) in [6.45, 7) is 0. The number of nitrogens with one attached hydrogen (secondary N) is 1. The fraction of sp³-hybridized carbons (Fsp3) is 1.00. The van der Waals surface area contributed by atoms with E-state index in [0.29, 0.717) is 0 Å². The fourth-order valence-electron chi connectivity index (χ4n) is 0. The summed E-state index contributed by atoms with van der Waals surface area (Å²) in [7, 11) is 3.75. The Bertz CT molecular complexity index is 6.00. The smallest absolute Gasteiger partial charge is 0 e. The third-order valence-electron chi connectivity index (χ3n) is 0. The van der Waals surface area contributed by atoms with Gasteiger partial charge in [0.15, 0.2) is 0 Å². The zero-order valence-electron chi connectivity index (χ0n) is 3.08. The Morgan fingerprint density at radius 1 is 1.25 bits per heavy atom. The lowest BCUT2D eigenvalue weighted by Gasteiger charge is -1.59. The first-order valence-corrected chi connectivity index (χ1v) is 1.00. The van der Waals surface area contributed by atoms with E-state index >= 15 is 0 Å². The molecule has 0 aliphatic heterocycles. The SMILES string of the molecule is CNC.[Al]. The highest BCUT2D eigenvalue weighted by atomic mass is 27.0. The molecule has 0 atom stereocenters. The van der Waals surface area contributed by atoms with Crippen molar-refractivity contribution in [1.82, 2.24) is 5.32 Å². The monoisotopic (exact) mass is 72.0 g/mol. The van der Waals surface area contributed by atoms with E-state index in [0.717, 1.165) is 0 Å². The van der Waals surface area contributed by atoms with Crippen molar-refractivity contribution < 1.29 is 0 Å². The van der Waals surface area contributed by atoms with Crippen molar-refractivity contribution in [3.63, 3.8) is 0 Å². The lowest BCUT2D eigenvalue weighted by atomic mass is 11.3. The van der Waals surface area contributed by atoms with Crippen LogP contribution in [0.5, 0.6) is 0 Å². The molecule has 0 aliphatic rings. The van der Waals surface area contributed by atoms with E-state index in [1.807, 2.05) is 14.1 Å². The Kier molecular flexibility index (Phi) is 21.5. The van der Waals surface area contributed by atoms with Crippen LogP contribution in [0, 0.1) is 0 Å². The number of rotatable bonds is 0. The van der Waals surface area contributed by atoms with Crippen LogP contribution in [0.4, 0.5) is 0 Å². The van der Waals surface area contributed by atoms with E-state index in [9.17, 15) is 0 Å². The average Bonchev–Trinajstić information content (AvgIpc) is 0.918. The molecule has 2 heteroatoms. The predicted molar refractivity (Wildman–Crippen MR) is 20.7 cm³/mol. The van der Waals surface area contributed by atoms with Crippen LogP contribution in [0.2, 0.25) is 0 Å². The van der Waals surface area contributed by atoms with Crippen LogP contribution in [0.3, 0.4) is 0 Å². The Labute approximate surface area is 37.5 Å². The molecule has 0 rings (SSSR count). The summed E-state index contributed by atoms with van der Waals surface area (Å²) in [5.41, 5.74) is 0. The van der Waals surface area contributed by atoms with Crippen molar-refractivity contribution in [1.29, 1.82) is 0 Å². The summed E-state index contributed by atoms with van der Waals surface area (Å²) < 4.78 is 0. The highest BCUT2D eigenvalue weighted by molar-refractivity contribution is 5.75. The second-order valence-electron chi connectivity index (χ2n) is 0.500. The van der Waals surface area contributed by atoms with Gasteiger partial charge >= 0.3 is 0 Å². The van der Waals surface area contributed by atoms with Gasteiger partial charge in [0.05, 0.1) is 0 Å². The summed E-state index contributed by atoms with van der Waals surface area (Å²) >= 11 is 0. The molecule has 0 aliphatic carbocycles. The van der Waals surface area contributed by atoms with Crippen molar-refractivity contribution in [2.45, 2.75) is 0 Å². The van der Waals surface area contributed by atoms with E-state index in [4.69, 9.17) is 0 Å². The molecule has 0 fully saturated rings. The maximum atomic E-state index is 2.75. The molecule has 0 amide bonds. The summed E-state index contributed by atoms with van der Waals surface area (Å²) in [4.78, 5) is 0. The molecule has 0 spiro atoms. The van der Waals surface area contributed by atoms with E-state index in [1.165, 1.54) is 0 Å². The first kappa shape index (κ1) is 8.82. The fourth-order valence-corrected chi connectivity index (χ4v) is 0. The number of hydrogen-bond acceptors (Lipinski definition) is 1. The van der Waals surface area contributed by atoms with Crippen LogP contribution in [0.1, 0.15) is 0 Å². The summed E-state index contributed by atoms with van der Waals surface area (Å²) in [5.74, 6) is 0. The third-order valence-corrected chi connectivity index (χ3v) is 0. The average molecular weight is 72.1 g/mol. The van der Waals surface area contributed by atoms with Gasteiger partial charge in [0.25, 0.3) is 0 Å². The lowest BCUT2D eigenvalue weighted by Crippen LogP contribution is -1.89. The van der Waals surface area contributed by atoms with Crippen molar-refractivity contribution in [2.24, 2.45) is 0 Å². The van der Waals surface area contributed by atoms with Crippen molar-refractivity contribution >= 4 is 17.4 Å². The van der Waals surface area contributed by atoms with E-state index in [-0.39, 0.29) is 17.4 Å². The molecular weight excluding hydrogens is 65.0 g/mol. The lowest BCUT2D eigenvalue weighted by molar-refractivity contribution is 1.02. The predicted octanol–water partition coefficient (Wildman–Crippen LogP) is -0.545. The molecule has 0 bridgehead atoms. The molecule has 4 heavy (non-hydrogen) atoms. The van der Waals surface area contributed by atoms with Crippen LogP contribution in [-0.4, -0.2) is 31.5 Å². The third kappa shape index (κ3) is 22.9. The first-order chi connectivity index (χ1) is 1.41. The first-order valence-electron chi connectivity index (χ1n) is 1.00. The molecule has 0 saturated carbocycles. The van der Waals surface area contributed by atoms with E-state index < -0.39 is 0 Å².